The van der Waals surface area contributed by atoms with Crippen LogP contribution >= 0.6 is 11.3 Å². The average Bonchev–Trinajstić information content (AvgIpc) is 2.68. The maximum Gasteiger partial charge on any atom is 0.265 e. The van der Waals surface area contributed by atoms with Crippen LogP contribution in [0.15, 0.2) is 0 Å². The summed E-state index contributed by atoms with van der Waals surface area (Å²) in [7, 11) is 3.72. The minimum Gasteiger partial charge on any atom is -0.382 e. The summed E-state index contributed by atoms with van der Waals surface area (Å²) in [5, 5.41) is 3.55. The van der Waals surface area contributed by atoms with Crippen molar-refractivity contribution in [3.05, 3.63) is 4.88 Å². The molecule has 18 heavy (non-hydrogen) atoms. The van der Waals surface area contributed by atoms with Crippen LogP contribution in [0.5, 0.6) is 0 Å². The van der Waals surface area contributed by atoms with E-state index in [1.165, 1.54) is 11.3 Å². The Morgan fingerprint density at radius 2 is 2.28 bits per heavy atom. The van der Waals surface area contributed by atoms with Crippen molar-refractivity contribution < 1.29 is 9.53 Å². The summed E-state index contributed by atoms with van der Waals surface area (Å²) < 4.78 is 5.24. The molecule has 3 N–H and O–H groups in total. The molecule has 1 aromatic heterocycles. The van der Waals surface area contributed by atoms with Gasteiger partial charge in [-0.2, -0.15) is 0 Å². The predicted molar refractivity (Wildman–Crippen MR) is 74.3 cm³/mol. The first-order valence-electron chi connectivity index (χ1n) is 5.78. The molecule has 6 nitrogen and oxygen atoms in total. The third kappa shape index (κ3) is 3.85. The number of hydrogen-bond acceptors (Lipinski definition) is 6. The van der Waals surface area contributed by atoms with Crippen LogP contribution in [0.1, 0.15) is 23.5 Å². The maximum absolute atomic E-state index is 12.0. The molecule has 0 saturated heterocycles. The third-order valence-electron chi connectivity index (χ3n) is 2.18. The number of ether oxygens (including phenoxy) is 1. The molecule has 0 fully saturated rings. The Kier molecular flexibility index (Phi) is 5.36. The lowest BCUT2D eigenvalue weighted by Crippen LogP contribution is -2.35. The summed E-state index contributed by atoms with van der Waals surface area (Å²) in [4.78, 5) is 18.4. The topological polar surface area (TPSA) is 80.5 Å². The van der Waals surface area contributed by atoms with E-state index in [9.17, 15) is 4.79 Å². The zero-order valence-corrected chi connectivity index (χ0v) is 12.0. The van der Waals surface area contributed by atoms with E-state index < -0.39 is 0 Å². The second kappa shape index (κ2) is 6.55. The molecular weight excluding hydrogens is 252 g/mol. The Labute approximate surface area is 111 Å². The smallest absolute Gasteiger partial charge is 0.265 e. The molecule has 0 bridgehead atoms. The van der Waals surface area contributed by atoms with Gasteiger partial charge in [-0.05, 0) is 13.8 Å². The van der Waals surface area contributed by atoms with Gasteiger partial charge in [0.25, 0.3) is 5.91 Å². The van der Waals surface area contributed by atoms with Gasteiger partial charge in [0, 0.05) is 26.7 Å². The van der Waals surface area contributed by atoms with Gasteiger partial charge in [-0.25, -0.2) is 4.98 Å². The van der Waals surface area contributed by atoms with Crippen molar-refractivity contribution in [1.29, 1.82) is 0 Å². The van der Waals surface area contributed by atoms with Crippen molar-refractivity contribution in [3.8, 4) is 0 Å². The third-order valence-corrected chi connectivity index (χ3v) is 3.42. The highest BCUT2D eigenvalue weighted by atomic mass is 32.1. The van der Waals surface area contributed by atoms with Crippen molar-refractivity contribution in [2.75, 3.05) is 37.9 Å². The van der Waals surface area contributed by atoms with Gasteiger partial charge in [0.1, 0.15) is 10.7 Å². The number of nitrogens with two attached hydrogens (primary N) is 1. The van der Waals surface area contributed by atoms with Crippen LogP contribution in [0, 0.1) is 0 Å². The van der Waals surface area contributed by atoms with E-state index in [-0.39, 0.29) is 17.8 Å². The lowest BCUT2D eigenvalue weighted by molar-refractivity contribution is 0.0876. The summed E-state index contributed by atoms with van der Waals surface area (Å²) in [5.41, 5.74) is 5.74. The van der Waals surface area contributed by atoms with Gasteiger partial charge >= 0.3 is 0 Å². The van der Waals surface area contributed by atoms with Crippen LogP contribution in [0.2, 0.25) is 0 Å². The zero-order chi connectivity index (χ0) is 13.7. The first kappa shape index (κ1) is 14.7. The Morgan fingerprint density at radius 3 is 2.78 bits per heavy atom. The Hall–Kier alpha value is -1.34. The van der Waals surface area contributed by atoms with Crippen LogP contribution in [-0.4, -0.2) is 44.2 Å². The highest BCUT2D eigenvalue weighted by Gasteiger charge is 2.18. The van der Waals surface area contributed by atoms with Crippen molar-refractivity contribution >= 4 is 28.2 Å². The van der Waals surface area contributed by atoms with Crippen LogP contribution in [0.25, 0.3) is 0 Å². The number of nitrogens with one attached hydrogen (secondary N) is 1. The molecule has 0 aliphatic heterocycles. The Morgan fingerprint density at radius 1 is 1.61 bits per heavy atom. The van der Waals surface area contributed by atoms with Crippen LogP contribution in [0.3, 0.4) is 0 Å². The van der Waals surface area contributed by atoms with Crippen molar-refractivity contribution in [3.63, 3.8) is 0 Å². The largest absolute Gasteiger partial charge is 0.382 e. The number of thiazole rings is 1. The highest BCUT2D eigenvalue weighted by molar-refractivity contribution is 7.18. The van der Waals surface area contributed by atoms with E-state index >= 15 is 0 Å². The van der Waals surface area contributed by atoms with Gasteiger partial charge in [-0.3, -0.25) is 4.79 Å². The van der Waals surface area contributed by atoms with Gasteiger partial charge in [-0.15, -0.1) is 0 Å². The van der Waals surface area contributed by atoms with E-state index in [1.807, 2.05) is 32.8 Å². The van der Waals surface area contributed by atoms with Gasteiger partial charge in [0.2, 0.25) is 0 Å². The molecule has 102 valence electrons. The summed E-state index contributed by atoms with van der Waals surface area (Å²) in [6.07, 6.45) is 0. The fourth-order valence-corrected chi connectivity index (χ4v) is 2.11. The highest BCUT2D eigenvalue weighted by Crippen LogP contribution is 2.26. The van der Waals surface area contributed by atoms with E-state index in [2.05, 4.69) is 10.3 Å². The predicted octanol–water partition coefficient (Wildman–Crippen LogP) is 0.946. The monoisotopic (exact) mass is 272 g/mol. The van der Waals surface area contributed by atoms with Crippen LogP contribution in [-0.2, 0) is 4.74 Å². The van der Waals surface area contributed by atoms with Crippen LogP contribution in [0.4, 0.5) is 10.9 Å². The molecule has 1 amide bonds. The van der Waals surface area contributed by atoms with Crippen molar-refractivity contribution in [2.45, 2.75) is 19.9 Å². The fourth-order valence-electron chi connectivity index (χ4n) is 1.30. The number of hydrogen-bond donors (Lipinski definition) is 2. The molecule has 1 unspecified atom stereocenters. The summed E-state index contributed by atoms with van der Waals surface area (Å²) >= 11 is 1.28. The number of carbonyl (C=O) groups is 1. The van der Waals surface area contributed by atoms with E-state index in [0.717, 1.165) is 5.13 Å². The maximum atomic E-state index is 12.0. The lowest BCUT2D eigenvalue weighted by Gasteiger charge is -2.12. The molecule has 0 aliphatic carbocycles. The van der Waals surface area contributed by atoms with Gasteiger partial charge < -0.3 is 20.7 Å². The second-order valence-corrected chi connectivity index (χ2v) is 5.12. The summed E-state index contributed by atoms with van der Waals surface area (Å²) in [6.45, 7) is 4.92. The molecule has 0 radical (unpaired) electrons. The quantitative estimate of drug-likeness (QED) is 0.806. The number of amides is 1. The van der Waals surface area contributed by atoms with Gasteiger partial charge in [0.15, 0.2) is 5.13 Å². The first-order chi connectivity index (χ1) is 8.45. The fraction of sp³-hybridized carbons (Fsp3) is 0.636. The number of nitrogens with zero attached hydrogens (tertiary/aromatic N) is 2. The van der Waals surface area contributed by atoms with E-state index in [1.54, 1.807) is 0 Å². The molecule has 1 rings (SSSR count). The average molecular weight is 272 g/mol. The molecule has 0 spiro atoms. The minimum absolute atomic E-state index is 0.0539. The van der Waals surface area contributed by atoms with E-state index in [4.69, 9.17) is 10.5 Å². The number of carbonyl (C=O) groups excluding carboxylic acids is 1. The van der Waals surface area contributed by atoms with Gasteiger partial charge in [0.05, 0.1) is 6.61 Å². The molecule has 0 saturated carbocycles. The minimum atomic E-state index is -0.203. The first-order valence-corrected chi connectivity index (χ1v) is 6.59. The number of aromatic nitrogens is 1. The van der Waals surface area contributed by atoms with E-state index in [0.29, 0.717) is 18.1 Å². The summed E-state index contributed by atoms with van der Waals surface area (Å²) in [5.74, 6) is 0.0649. The molecule has 1 heterocycles. The summed E-state index contributed by atoms with van der Waals surface area (Å²) in [6, 6.07) is -0.0539. The van der Waals surface area contributed by atoms with Crippen LogP contribution < -0.4 is 16.0 Å². The molecule has 1 atom stereocenters. The zero-order valence-electron chi connectivity index (χ0n) is 11.2. The normalized spacial score (nSPS) is 12.2. The van der Waals surface area contributed by atoms with Gasteiger partial charge in [-0.1, -0.05) is 11.3 Å². The molecule has 0 aliphatic rings. The number of rotatable bonds is 6. The number of nitrogen functional groups attached to an aromatic ring is 1. The molecule has 0 aromatic carbocycles. The molecule has 1 aromatic rings. The lowest BCUT2D eigenvalue weighted by atomic mass is 10.3. The second-order valence-electron chi connectivity index (χ2n) is 4.14. The Balaban J connectivity index is 2.66. The Bertz CT molecular complexity index is 406. The van der Waals surface area contributed by atoms with Crippen molar-refractivity contribution in [1.82, 2.24) is 10.3 Å². The molecular formula is C11H20N4O2S. The SMILES string of the molecule is CCOCC(C)NC(=O)c1sc(N(C)C)nc1N. The standard InChI is InChI=1S/C11H20N4O2S/c1-5-17-6-7(2)13-10(16)8-9(12)14-11(18-8)15(3)4/h7H,5-6,12H2,1-4H3,(H,13,16). The molecule has 7 heteroatoms. The van der Waals surface area contributed by atoms with Crippen molar-refractivity contribution in [2.24, 2.45) is 0 Å². The number of anilines is 2.